The average Bonchev–Trinajstić information content (AvgIpc) is 2.41. The molecule has 2 N–H and O–H groups in total. The summed E-state index contributed by atoms with van der Waals surface area (Å²) in [7, 11) is -1.93. The van der Waals surface area contributed by atoms with Crippen LogP contribution >= 0.6 is 0 Å². The van der Waals surface area contributed by atoms with Gasteiger partial charge in [-0.1, -0.05) is 20.8 Å². The molecular formula is C18H26F5NOSi. The molecule has 0 aliphatic heterocycles. The quantitative estimate of drug-likeness (QED) is 0.518. The number of benzene rings is 1. The van der Waals surface area contributed by atoms with Crippen molar-refractivity contribution in [1.29, 1.82) is 0 Å². The lowest BCUT2D eigenvalue weighted by Gasteiger charge is -2.46. The van der Waals surface area contributed by atoms with E-state index in [1.165, 1.54) is 0 Å². The molecule has 0 spiro atoms. The third kappa shape index (κ3) is 4.28. The van der Waals surface area contributed by atoms with Crippen LogP contribution in [0.2, 0.25) is 18.1 Å². The molecule has 0 aromatic heterocycles. The molecule has 0 unspecified atom stereocenters. The van der Waals surface area contributed by atoms with Gasteiger partial charge < -0.3 is 10.2 Å². The minimum Gasteiger partial charge on any atom is -0.414 e. The molecule has 1 saturated carbocycles. The summed E-state index contributed by atoms with van der Waals surface area (Å²) in [5, 5.41) is 0.0584. The Kier molecular flexibility index (Phi) is 5.63. The van der Waals surface area contributed by atoms with E-state index in [4.69, 9.17) is 10.2 Å². The van der Waals surface area contributed by atoms with Crippen molar-refractivity contribution >= 4 is 8.32 Å². The molecular weight excluding hydrogens is 369 g/mol. The first-order valence-electron chi connectivity index (χ1n) is 8.63. The predicted molar refractivity (Wildman–Crippen MR) is 93.1 cm³/mol. The van der Waals surface area contributed by atoms with Crippen LogP contribution in [-0.4, -0.2) is 14.4 Å². The van der Waals surface area contributed by atoms with E-state index in [-0.39, 0.29) is 28.7 Å². The molecule has 2 nitrogen and oxygen atoms in total. The van der Waals surface area contributed by atoms with Gasteiger partial charge in [0.2, 0.25) is 0 Å². The molecule has 8 heteroatoms. The van der Waals surface area contributed by atoms with E-state index in [0.29, 0.717) is 18.9 Å². The first-order valence-corrected chi connectivity index (χ1v) is 11.5. The van der Waals surface area contributed by atoms with Crippen molar-refractivity contribution in [2.24, 2.45) is 11.7 Å². The fraction of sp³-hybridized carbons (Fsp3) is 0.667. The second kappa shape index (κ2) is 6.87. The van der Waals surface area contributed by atoms with E-state index < -0.39 is 37.7 Å². The molecule has 0 bridgehead atoms. The molecule has 2 rings (SSSR count). The largest absolute Gasteiger partial charge is 0.419 e. The van der Waals surface area contributed by atoms with E-state index in [9.17, 15) is 22.0 Å². The minimum atomic E-state index is -4.94. The standard InChI is InChI=1S/C18H26F5NOSi/c1-17(2,3)26(4,5)25-11-6-10(7-11)16(24)12-8-15(20)13(9-14(12)19)18(21,22)23/h8-11,16H,6-7,24H2,1-5H3/t10?,11?,16-/m1/s1. The zero-order valence-corrected chi connectivity index (χ0v) is 16.7. The van der Waals surface area contributed by atoms with Crippen LogP contribution in [0.3, 0.4) is 0 Å². The summed E-state index contributed by atoms with van der Waals surface area (Å²) in [4.78, 5) is 0. The van der Waals surface area contributed by atoms with Crippen molar-refractivity contribution in [3.05, 3.63) is 34.9 Å². The lowest BCUT2D eigenvalue weighted by molar-refractivity contribution is -0.140. The monoisotopic (exact) mass is 395 g/mol. The van der Waals surface area contributed by atoms with Crippen LogP contribution in [0.1, 0.15) is 50.8 Å². The number of alkyl halides is 3. The van der Waals surface area contributed by atoms with Gasteiger partial charge >= 0.3 is 6.18 Å². The van der Waals surface area contributed by atoms with Crippen molar-refractivity contribution in [3.8, 4) is 0 Å². The van der Waals surface area contributed by atoms with Gasteiger partial charge in [0.25, 0.3) is 0 Å². The van der Waals surface area contributed by atoms with Crippen LogP contribution in [0.25, 0.3) is 0 Å². The van der Waals surface area contributed by atoms with Gasteiger partial charge in [0.05, 0.1) is 5.56 Å². The summed E-state index contributed by atoms with van der Waals surface area (Å²) in [6, 6.07) is -0.0940. The Morgan fingerprint density at radius 2 is 1.62 bits per heavy atom. The predicted octanol–water partition coefficient (Wildman–Crippen LogP) is 5.78. The molecule has 0 saturated heterocycles. The smallest absolute Gasteiger partial charge is 0.414 e. The van der Waals surface area contributed by atoms with Crippen molar-refractivity contribution in [3.63, 3.8) is 0 Å². The first kappa shape index (κ1) is 21.3. The highest BCUT2D eigenvalue weighted by molar-refractivity contribution is 6.74. The number of hydrogen-bond donors (Lipinski definition) is 1. The maximum absolute atomic E-state index is 14.1. The van der Waals surface area contributed by atoms with E-state index in [1.807, 2.05) is 0 Å². The number of rotatable bonds is 4. The van der Waals surface area contributed by atoms with Crippen molar-refractivity contribution in [2.45, 2.75) is 70.1 Å². The summed E-state index contributed by atoms with van der Waals surface area (Å²) in [5.74, 6) is -2.77. The Hall–Kier alpha value is -0.993. The van der Waals surface area contributed by atoms with Gasteiger partial charge in [-0.2, -0.15) is 13.2 Å². The minimum absolute atomic E-state index is 0.00861. The van der Waals surface area contributed by atoms with Crippen LogP contribution in [0.15, 0.2) is 12.1 Å². The summed E-state index contributed by atoms with van der Waals surface area (Å²) in [6.07, 6.45) is -3.74. The van der Waals surface area contributed by atoms with Crippen molar-refractivity contribution in [1.82, 2.24) is 0 Å². The Bertz CT molecular complexity index is 663. The highest BCUT2D eigenvalue weighted by Crippen LogP contribution is 2.45. The van der Waals surface area contributed by atoms with Gasteiger partial charge in [-0.25, -0.2) is 8.78 Å². The highest BCUT2D eigenvalue weighted by Gasteiger charge is 2.44. The number of hydrogen-bond acceptors (Lipinski definition) is 2. The third-order valence-electron chi connectivity index (χ3n) is 5.66. The van der Waals surface area contributed by atoms with Crippen LogP contribution in [-0.2, 0) is 10.6 Å². The number of nitrogens with two attached hydrogens (primary N) is 1. The maximum atomic E-state index is 14.1. The molecule has 1 aliphatic rings. The summed E-state index contributed by atoms with van der Waals surface area (Å²) < 4.78 is 72.0. The topological polar surface area (TPSA) is 35.2 Å². The van der Waals surface area contributed by atoms with E-state index in [2.05, 4.69) is 33.9 Å². The second-order valence-electron chi connectivity index (χ2n) is 8.61. The van der Waals surface area contributed by atoms with Crippen LogP contribution in [0.4, 0.5) is 22.0 Å². The fourth-order valence-electron chi connectivity index (χ4n) is 2.88. The number of halogens is 5. The van der Waals surface area contributed by atoms with E-state index in [1.54, 1.807) is 0 Å². The zero-order valence-electron chi connectivity index (χ0n) is 15.7. The SMILES string of the molecule is CC(C)(C)[Si](C)(C)OC1CC([C@@H](N)c2cc(F)c(C(F)(F)F)cc2F)C1. The normalized spacial score (nSPS) is 22.9. The zero-order chi connectivity index (χ0) is 20.1. The van der Waals surface area contributed by atoms with Crippen molar-refractivity contribution < 1.29 is 26.4 Å². The lowest BCUT2D eigenvalue weighted by Crippen LogP contribution is -2.49. The van der Waals surface area contributed by atoms with E-state index >= 15 is 0 Å². The van der Waals surface area contributed by atoms with Gasteiger partial charge in [0.15, 0.2) is 8.32 Å². The van der Waals surface area contributed by atoms with Crippen LogP contribution < -0.4 is 5.73 Å². The summed E-state index contributed by atoms with van der Waals surface area (Å²) in [6.45, 7) is 10.6. The molecule has 26 heavy (non-hydrogen) atoms. The molecule has 0 heterocycles. The van der Waals surface area contributed by atoms with Gasteiger partial charge in [0.1, 0.15) is 11.6 Å². The highest BCUT2D eigenvalue weighted by atomic mass is 28.4. The van der Waals surface area contributed by atoms with Gasteiger partial charge in [-0.3, -0.25) is 0 Å². The Labute approximate surface area is 152 Å². The second-order valence-corrected chi connectivity index (χ2v) is 13.4. The molecule has 0 radical (unpaired) electrons. The van der Waals surface area contributed by atoms with Crippen LogP contribution in [0.5, 0.6) is 0 Å². The van der Waals surface area contributed by atoms with Gasteiger partial charge in [0, 0.05) is 17.7 Å². The molecule has 1 aliphatic carbocycles. The molecule has 1 aromatic rings. The first-order chi connectivity index (χ1) is 11.6. The molecule has 0 amide bonds. The Morgan fingerprint density at radius 1 is 1.08 bits per heavy atom. The molecule has 148 valence electrons. The molecule has 1 aromatic carbocycles. The summed E-state index contributed by atoms with van der Waals surface area (Å²) >= 11 is 0. The third-order valence-corrected chi connectivity index (χ3v) is 10.2. The van der Waals surface area contributed by atoms with E-state index in [0.717, 1.165) is 0 Å². The Morgan fingerprint density at radius 3 is 2.08 bits per heavy atom. The van der Waals surface area contributed by atoms with Gasteiger partial charge in [-0.05, 0) is 49.0 Å². The lowest BCUT2D eigenvalue weighted by atomic mass is 9.75. The molecule has 1 atom stereocenters. The van der Waals surface area contributed by atoms with Crippen LogP contribution in [0, 0.1) is 17.6 Å². The van der Waals surface area contributed by atoms with Gasteiger partial charge in [-0.15, -0.1) is 0 Å². The Balaban J connectivity index is 2.06. The average molecular weight is 395 g/mol. The molecule has 1 fully saturated rings. The fourth-order valence-corrected chi connectivity index (χ4v) is 4.26. The maximum Gasteiger partial charge on any atom is 0.419 e. The summed E-state index contributed by atoms with van der Waals surface area (Å²) in [5.41, 5.74) is 4.18. The van der Waals surface area contributed by atoms with Crippen molar-refractivity contribution in [2.75, 3.05) is 0 Å².